The van der Waals surface area contributed by atoms with Gasteiger partial charge in [0.15, 0.2) is 11.4 Å². The maximum Gasteiger partial charge on any atom is 0.193 e. The fourth-order valence-corrected chi connectivity index (χ4v) is 1.82. The number of rotatable bonds is 4. The average Bonchev–Trinajstić information content (AvgIpc) is 3.05. The number of halogens is 1. The van der Waals surface area contributed by atoms with Crippen LogP contribution in [-0.2, 0) is 14.3 Å². The summed E-state index contributed by atoms with van der Waals surface area (Å²) in [5.41, 5.74) is 0.218. The molecule has 0 N–H and O–H groups in total. The predicted molar refractivity (Wildman–Crippen MR) is 68.5 cm³/mol. The largest absolute Gasteiger partial charge is 0.496 e. The summed E-state index contributed by atoms with van der Waals surface area (Å²) in [6, 6.07) is 7.61. The Labute approximate surface area is 109 Å². The first-order valence-electron chi connectivity index (χ1n) is 5.25. The number of hydrogen-bond donors (Lipinski definition) is 0. The molecule has 0 bridgehead atoms. The van der Waals surface area contributed by atoms with Crippen molar-refractivity contribution in [3.63, 3.8) is 0 Å². The van der Waals surface area contributed by atoms with Crippen LogP contribution in [0.2, 0.25) is 0 Å². The van der Waals surface area contributed by atoms with Crippen molar-refractivity contribution in [2.24, 2.45) is 0 Å². The highest BCUT2D eigenvalue weighted by Crippen LogP contribution is 2.29. The second-order valence-electron chi connectivity index (χ2n) is 4.11. The third-order valence-corrected chi connectivity index (χ3v) is 3.18. The summed E-state index contributed by atoms with van der Waals surface area (Å²) in [6.45, 7) is 2.26. The predicted octanol–water partition coefficient (Wildman–Crippen LogP) is 2.79. The molecule has 1 aliphatic rings. The summed E-state index contributed by atoms with van der Waals surface area (Å²) in [6.07, 6.45) is 1.49. The standard InChI is InChI=1S/C13H13BrO3/c1-13(8-17-13)12(15)7-11(16-2)9-4-3-5-10(14)6-9/h3-7H,8H2,1-2H3. The molecular formula is C13H13BrO3. The zero-order valence-corrected chi connectivity index (χ0v) is 11.3. The minimum atomic E-state index is -0.643. The van der Waals surface area contributed by atoms with Crippen molar-refractivity contribution in [3.05, 3.63) is 40.4 Å². The molecule has 0 aromatic heterocycles. The van der Waals surface area contributed by atoms with Crippen LogP contribution >= 0.6 is 15.9 Å². The van der Waals surface area contributed by atoms with E-state index in [9.17, 15) is 4.79 Å². The van der Waals surface area contributed by atoms with E-state index in [4.69, 9.17) is 9.47 Å². The molecule has 3 nitrogen and oxygen atoms in total. The van der Waals surface area contributed by atoms with Gasteiger partial charge in [0.25, 0.3) is 0 Å². The molecule has 1 aromatic carbocycles. The molecule has 0 saturated carbocycles. The van der Waals surface area contributed by atoms with Crippen LogP contribution in [0, 0.1) is 0 Å². The molecule has 1 atom stereocenters. The lowest BCUT2D eigenvalue weighted by Gasteiger charge is -2.07. The average molecular weight is 297 g/mol. The topological polar surface area (TPSA) is 38.8 Å². The van der Waals surface area contributed by atoms with Gasteiger partial charge in [0.05, 0.1) is 13.7 Å². The van der Waals surface area contributed by atoms with Crippen LogP contribution in [0.5, 0.6) is 0 Å². The second-order valence-corrected chi connectivity index (χ2v) is 5.02. The lowest BCUT2D eigenvalue weighted by molar-refractivity contribution is -0.118. The lowest BCUT2D eigenvalue weighted by atomic mass is 10.1. The lowest BCUT2D eigenvalue weighted by Crippen LogP contribution is -2.18. The maximum atomic E-state index is 11.9. The molecule has 0 spiro atoms. The molecule has 4 heteroatoms. The van der Waals surface area contributed by atoms with E-state index in [1.165, 1.54) is 6.08 Å². The quantitative estimate of drug-likeness (QED) is 0.487. The summed E-state index contributed by atoms with van der Waals surface area (Å²) >= 11 is 3.39. The van der Waals surface area contributed by atoms with Gasteiger partial charge in [-0.3, -0.25) is 4.79 Å². The molecule has 2 rings (SSSR count). The number of benzene rings is 1. The van der Waals surface area contributed by atoms with E-state index in [-0.39, 0.29) is 5.78 Å². The summed E-state index contributed by atoms with van der Waals surface area (Å²) < 4.78 is 11.3. The number of ketones is 1. The number of epoxide rings is 1. The van der Waals surface area contributed by atoms with E-state index in [1.807, 2.05) is 24.3 Å². The van der Waals surface area contributed by atoms with Gasteiger partial charge in [0, 0.05) is 16.1 Å². The van der Waals surface area contributed by atoms with Crippen molar-refractivity contribution in [1.82, 2.24) is 0 Å². The van der Waals surface area contributed by atoms with Crippen molar-refractivity contribution in [3.8, 4) is 0 Å². The Hall–Kier alpha value is -1.13. The van der Waals surface area contributed by atoms with Crippen LogP contribution < -0.4 is 0 Å². The van der Waals surface area contributed by atoms with Crippen LogP contribution in [0.3, 0.4) is 0 Å². The zero-order valence-electron chi connectivity index (χ0n) is 9.70. The van der Waals surface area contributed by atoms with Gasteiger partial charge in [-0.15, -0.1) is 0 Å². The first-order valence-corrected chi connectivity index (χ1v) is 6.04. The number of carbonyl (C=O) groups is 1. The van der Waals surface area contributed by atoms with E-state index in [2.05, 4.69) is 15.9 Å². The summed E-state index contributed by atoms with van der Waals surface area (Å²) in [5, 5.41) is 0. The van der Waals surface area contributed by atoms with Crippen molar-refractivity contribution < 1.29 is 14.3 Å². The molecule has 1 aliphatic heterocycles. The van der Waals surface area contributed by atoms with Crippen molar-refractivity contribution in [1.29, 1.82) is 0 Å². The smallest absolute Gasteiger partial charge is 0.193 e. The van der Waals surface area contributed by atoms with Crippen LogP contribution in [0.25, 0.3) is 5.76 Å². The Morgan fingerprint density at radius 1 is 1.59 bits per heavy atom. The highest BCUT2D eigenvalue weighted by molar-refractivity contribution is 9.10. The van der Waals surface area contributed by atoms with Crippen LogP contribution in [0.4, 0.5) is 0 Å². The minimum Gasteiger partial charge on any atom is -0.496 e. The first-order chi connectivity index (χ1) is 8.05. The summed E-state index contributed by atoms with van der Waals surface area (Å²) in [5.74, 6) is 0.488. The van der Waals surface area contributed by atoms with Gasteiger partial charge in [0.2, 0.25) is 0 Å². The molecule has 1 aromatic rings. The number of methoxy groups -OCH3 is 1. The van der Waals surface area contributed by atoms with Gasteiger partial charge in [0.1, 0.15) is 5.76 Å². The fraction of sp³-hybridized carbons (Fsp3) is 0.308. The zero-order chi connectivity index (χ0) is 12.5. The van der Waals surface area contributed by atoms with Crippen molar-refractivity contribution >= 4 is 27.5 Å². The third-order valence-electron chi connectivity index (χ3n) is 2.69. The Kier molecular flexibility index (Phi) is 3.35. The molecular weight excluding hydrogens is 284 g/mol. The molecule has 0 radical (unpaired) electrons. The number of hydrogen-bond acceptors (Lipinski definition) is 3. The maximum absolute atomic E-state index is 11.9. The Balaban J connectivity index is 2.27. The van der Waals surface area contributed by atoms with Gasteiger partial charge in [-0.1, -0.05) is 28.1 Å². The van der Waals surface area contributed by atoms with Crippen LogP contribution in [0.1, 0.15) is 12.5 Å². The summed E-state index contributed by atoms with van der Waals surface area (Å²) in [4.78, 5) is 11.9. The van der Waals surface area contributed by atoms with Crippen molar-refractivity contribution in [2.75, 3.05) is 13.7 Å². The second kappa shape index (κ2) is 4.63. The van der Waals surface area contributed by atoms with E-state index < -0.39 is 5.60 Å². The van der Waals surface area contributed by atoms with E-state index in [0.717, 1.165) is 10.0 Å². The molecule has 1 fully saturated rings. The first kappa shape index (κ1) is 12.3. The highest BCUT2D eigenvalue weighted by atomic mass is 79.9. The summed E-state index contributed by atoms with van der Waals surface area (Å²) in [7, 11) is 1.55. The van der Waals surface area contributed by atoms with Crippen LogP contribution in [-0.4, -0.2) is 25.1 Å². The van der Waals surface area contributed by atoms with E-state index in [1.54, 1.807) is 14.0 Å². The van der Waals surface area contributed by atoms with Crippen LogP contribution in [0.15, 0.2) is 34.8 Å². The Bertz CT molecular complexity index is 475. The molecule has 0 amide bonds. The van der Waals surface area contributed by atoms with E-state index >= 15 is 0 Å². The van der Waals surface area contributed by atoms with E-state index in [0.29, 0.717) is 12.4 Å². The Morgan fingerprint density at radius 2 is 2.29 bits per heavy atom. The molecule has 1 heterocycles. The third kappa shape index (κ3) is 2.76. The van der Waals surface area contributed by atoms with Gasteiger partial charge >= 0.3 is 0 Å². The molecule has 1 saturated heterocycles. The molecule has 17 heavy (non-hydrogen) atoms. The van der Waals surface area contributed by atoms with Gasteiger partial charge in [-0.2, -0.15) is 0 Å². The monoisotopic (exact) mass is 296 g/mol. The van der Waals surface area contributed by atoms with Gasteiger partial charge in [-0.25, -0.2) is 0 Å². The molecule has 1 unspecified atom stereocenters. The minimum absolute atomic E-state index is 0.0608. The SMILES string of the molecule is COC(=CC(=O)C1(C)CO1)c1cccc(Br)c1. The molecule has 90 valence electrons. The van der Waals surface area contributed by atoms with Gasteiger partial charge in [-0.05, 0) is 19.1 Å². The van der Waals surface area contributed by atoms with Crippen molar-refractivity contribution in [2.45, 2.75) is 12.5 Å². The highest BCUT2D eigenvalue weighted by Gasteiger charge is 2.46. The van der Waals surface area contributed by atoms with Gasteiger partial charge < -0.3 is 9.47 Å². The number of carbonyl (C=O) groups excluding carboxylic acids is 1. The normalized spacial score (nSPS) is 23.4. The fourth-order valence-electron chi connectivity index (χ4n) is 1.42. The molecule has 0 aliphatic carbocycles. The number of ether oxygens (including phenoxy) is 2. The Morgan fingerprint density at radius 3 is 2.82 bits per heavy atom.